The zero-order valence-corrected chi connectivity index (χ0v) is 17.2. The highest BCUT2D eigenvalue weighted by Gasteiger charge is 2.32. The summed E-state index contributed by atoms with van der Waals surface area (Å²) in [4.78, 5) is 22.0. The summed E-state index contributed by atoms with van der Waals surface area (Å²) in [5.74, 6) is 0.441. The van der Waals surface area contributed by atoms with Crippen LogP contribution in [-0.2, 0) is 7.05 Å². The van der Waals surface area contributed by atoms with Crippen LogP contribution in [0.2, 0.25) is 0 Å². The minimum Gasteiger partial charge on any atom is -0.417 e. The molecule has 1 aliphatic carbocycles. The maximum Gasteiger partial charge on any atom is 0.267 e. The molecule has 0 radical (unpaired) electrons. The van der Waals surface area contributed by atoms with E-state index in [9.17, 15) is 15.3 Å². The van der Waals surface area contributed by atoms with E-state index in [1.54, 1.807) is 60.1 Å². The Morgan fingerprint density at radius 1 is 1.00 bits per heavy atom. The number of aromatic nitrogens is 3. The number of nitrogens with zero attached hydrogens (tertiary/aromatic N) is 6. The van der Waals surface area contributed by atoms with Gasteiger partial charge in [-0.2, -0.15) is 25.8 Å². The highest BCUT2D eigenvalue weighted by Crippen LogP contribution is 2.39. The van der Waals surface area contributed by atoms with Gasteiger partial charge in [-0.05, 0) is 29.8 Å². The Balaban J connectivity index is 1.62. The number of allylic oxidation sites excluding steroid dienone is 3. The molecule has 5 rings (SSSR count). The predicted molar refractivity (Wildman–Crippen MR) is 118 cm³/mol. The van der Waals surface area contributed by atoms with Crippen molar-refractivity contribution in [1.82, 2.24) is 14.5 Å². The molecule has 2 aromatic carbocycles. The second-order valence-corrected chi connectivity index (χ2v) is 7.27. The lowest BCUT2D eigenvalue weighted by Crippen LogP contribution is -1.96. The Morgan fingerprint density at radius 2 is 1.70 bits per heavy atom. The highest BCUT2D eigenvalue weighted by atomic mass is 16.4. The molecular formula is C25H12N6O2. The van der Waals surface area contributed by atoms with Gasteiger partial charge in [0.25, 0.3) is 5.71 Å². The van der Waals surface area contributed by atoms with Gasteiger partial charge >= 0.3 is 0 Å². The third kappa shape index (κ3) is 3.01. The summed E-state index contributed by atoms with van der Waals surface area (Å²) in [6.45, 7) is 0. The first-order chi connectivity index (χ1) is 16.0. The van der Waals surface area contributed by atoms with Gasteiger partial charge in [0.2, 0.25) is 11.5 Å². The van der Waals surface area contributed by atoms with Crippen LogP contribution in [-0.4, -0.2) is 20.3 Å². The van der Waals surface area contributed by atoms with E-state index in [2.05, 4.69) is 16.0 Å². The van der Waals surface area contributed by atoms with Crippen LogP contribution in [0.3, 0.4) is 0 Å². The first kappa shape index (κ1) is 19.7. The van der Waals surface area contributed by atoms with E-state index in [1.165, 1.54) is 6.08 Å². The van der Waals surface area contributed by atoms with Gasteiger partial charge in [-0.15, -0.1) is 0 Å². The fourth-order valence-electron chi connectivity index (χ4n) is 3.87. The zero-order valence-electron chi connectivity index (χ0n) is 17.2. The zero-order chi connectivity index (χ0) is 23.1. The molecule has 0 bridgehead atoms. The maximum absolute atomic E-state index is 13.0. The molecule has 0 spiro atoms. The lowest BCUT2D eigenvalue weighted by molar-refractivity contribution is 0.104. The summed E-state index contributed by atoms with van der Waals surface area (Å²) >= 11 is 0. The number of benzene rings is 2. The number of Topliss-reactive ketones (excluding diaryl/α,β-unsaturated/α-hetero) is 1. The average Bonchev–Trinajstić information content (AvgIpc) is 3.47. The number of ketones is 1. The first-order valence-corrected chi connectivity index (χ1v) is 9.80. The molecule has 33 heavy (non-hydrogen) atoms. The van der Waals surface area contributed by atoms with Crippen molar-refractivity contribution in [3.05, 3.63) is 82.3 Å². The topological polar surface area (TPSA) is 132 Å². The molecule has 2 heterocycles. The summed E-state index contributed by atoms with van der Waals surface area (Å²) in [5.41, 5.74) is 3.32. The van der Waals surface area contributed by atoms with Crippen molar-refractivity contribution >= 4 is 28.8 Å². The lowest BCUT2D eigenvalue weighted by Gasteiger charge is -2.02. The quantitative estimate of drug-likeness (QED) is 0.345. The second kappa shape index (κ2) is 7.46. The number of fused-ring (bicyclic) bond motifs is 2. The van der Waals surface area contributed by atoms with Gasteiger partial charge in [0, 0.05) is 35.4 Å². The monoisotopic (exact) mass is 428 g/mol. The van der Waals surface area contributed by atoms with Gasteiger partial charge in [-0.25, -0.2) is 0 Å². The van der Waals surface area contributed by atoms with Crippen molar-refractivity contribution in [2.45, 2.75) is 0 Å². The minimum atomic E-state index is -0.308. The Hall–Kier alpha value is -5.26. The third-order valence-electron chi connectivity index (χ3n) is 5.42. The number of hydrogen-bond acceptors (Lipinski definition) is 7. The maximum atomic E-state index is 13.0. The number of imidazole rings is 1. The van der Waals surface area contributed by atoms with Crippen LogP contribution < -0.4 is 0 Å². The van der Waals surface area contributed by atoms with Crippen molar-refractivity contribution in [1.29, 1.82) is 15.8 Å². The van der Waals surface area contributed by atoms with Crippen molar-refractivity contribution in [2.24, 2.45) is 7.05 Å². The van der Waals surface area contributed by atoms with Gasteiger partial charge in [0.05, 0.1) is 11.6 Å². The Labute approximate surface area is 187 Å². The van der Waals surface area contributed by atoms with Gasteiger partial charge < -0.3 is 8.98 Å². The van der Waals surface area contributed by atoms with E-state index in [0.29, 0.717) is 28.2 Å². The predicted octanol–water partition coefficient (Wildman–Crippen LogP) is 4.18. The van der Waals surface area contributed by atoms with Crippen LogP contribution in [0.25, 0.3) is 34.4 Å². The van der Waals surface area contributed by atoms with Crippen molar-refractivity contribution < 1.29 is 9.21 Å². The molecule has 8 heteroatoms. The highest BCUT2D eigenvalue weighted by molar-refractivity contribution is 6.29. The van der Waals surface area contributed by atoms with Gasteiger partial charge in [-0.1, -0.05) is 24.3 Å². The number of aryl methyl sites for hydroxylation is 1. The van der Waals surface area contributed by atoms with Gasteiger partial charge in [0.1, 0.15) is 23.5 Å². The molecule has 8 nitrogen and oxygen atoms in total. The Morgan fingerprint density at radius 3 is 2.33 bits per heavy atom. The van der Waals surface area contributed by atoms with E-state index < -0.39 is 0 Å². The summed E-state index contributed by atoms with van der Waals surface area (Å²) < 4.78 is 7.54. The SMILES string of the molecule is Cn1c(-c2ccc(C#N)cc2)nc2oc(/C=C3\C(=O)c4ccccc4C3=C(C#N)C#N)nc21. The average molecular weight is 428 g/mol. The summed E-state index contributed by atoms with van der Waals surface area (Å²) in [6, 6.07) is 19.6. The van der Waals surface area contributed by atoms with Crippen LogP contribution in [0, 0.1) is 34.0 Å². The van der Waals surface area contributed by atoms with Crippen LogP contribution in [0.5, 0.6) is 0 Å². The molecule has 0 N–H and O–H groups in total. The number of rotatable bonds is 2. The Bertz CT molecular complexity index is 1640. The number of nitriles is 3. The number of carbonyl (C=O) groups is 1. The fourth-order valence-corrected chi connectivity index (χ4v) is 3.87. The molecule has 0 atom stereocenters. The first-order valence-electron chi connectivity index (χ1n) is 9.80. The summed E-state index contributed by atoms with van der Waals surface area (Å²) in [6.07, 6.45) is 1.44. The lowest BCUT2D eigenvalue weighted by atomic mass is 9.99. The van der Waals surface area contributed by atoms with E-state index in [4.69, 9.17) is 9.68 Å². The molecule has 0 fully saturated rings. The standard InChI is InChI=1S/C25H12N6O2/c1-31-23(15-8-6-14(11-26)7-9-15)30-25-24(31)29-20(33-25)10-19-21(16(12-27)13-28)17-4-2-3-5-18(17)22(19)32/h2-10H,1H3/b19-10-. The number of oxazole rings is 1. The smallest absolute Gasteiger partial charge is 0.267 e. The molecule has 0 aliphatic heterocycles. The largest absolute Gasteiger partial charge is 0.417 e. The molecular weight excluding hydrogens is 416 g/mol. The normalized spacial score (nSPS) is 13.6. The number of hydrogen-bond donors (Lipinski definition) is 0. The van der Waals surface area contributed by atoms with Crippen LogP contribution in [0.1, 0.15) is 27.4 Å². The van der Waals surface area contributed by atoms with E-state index in [-0.39, 0.29) is 34.1 Å². The molecule has 0 saturated heterocycles. The van der Waals surface area contributed by atoms with Gasteiger partial charge in [0.15, 0.2) is 5.78 Å². The van der Waals surface area contributed by atoms with Crippen molar-refractivity contribution in [3.8, 4) is 29.6 Å². The molecule has 1 aliphatic rings. The van der Waals surface area contributed by atoms with Crippen molar-refractivity contribution in [3.63, 3.8) is 0 Å². The number of carbonyl (C=O) groups excluding carboxylic acids is 1. The molecule has 0 saturated carbocycles. The third-order valence-corrected chi connectivity index (χ3v) is 5.42. The summed E-state index contributed by atoms with van der Waals surface area (Å²) in [5, 5.41) is 27.8. The van der Waals surface area contributed by atoms with E-state index in [0.717, 1.165) is 5.56 Å². The van der Waals surface area contributed by atoms with Gasteiger partial charge in [-0.3, -0.25) is 4.79 Å². The Kier molecular flexibility index (Phi) is 4.45. The molecule has 0 unspecified atom stereocenters. The minimum absolute atomic E-state index is 0.137. The van der Waals surface area contributed by atoms with Crippen LogP contribution in [0.15, 0.2) is 64.1 Å². The van der Waals surface area contributed by atoms with E-state index >= 15 is 0 Å². The van der Waals surface area contributed by atoms with Crippen LogP contribution >= 0.6 is 0 Å². The fraction of sp³-hybridized carbons (Fsp3) is 0.0400. The second-order valence-electron chi connectivity index (χ2n) is 7.27. The molecule has 2 aromatic heterocycles. The van der Waals surface area contributed by atoms with Crippen molar-refractivity contribution in [2.75, 3.05) is 0 Å². The molecule has 154 valence electrons. The molecule has 4 aromatic rings. The molecule has 0 amide bonds. The summed E-state index contributed by atoms with van der Waals surface area (Å²) in [7, 11) is 1.79. The van der Waals surface area contributed by atoms with Crippen LogP contribution in [0.4, 0.5) is 0 Å². The van der Waals surface area contributed by atoms with E-state index in [1.807, 2.05) is 12.1 Å².